The lowest BCUT2D eigenvalue weighted by Gasteiger charge is -2.18. The molecule has 0 bridgehead atoms. The molecule has 2 N–H and O–H groups in total. The number of anilines is 3. The number of nitrogens with zero attached hydrogens (tertiary/aromatic N) is 3. The third-order valence-electron chi connectivity index (χ3n) is 6.05. The first kappa shape index (κ1) is 25.8. The standard InChI is InChI=1S/C28H35N5O3/c1-19(2)18-36-15-7-14-29-27(35-4)20-10-12-22(13-11-20)31-28-30-17-21-16-25(34)33(3)24-9-6-5-8-23(24)26(21)32-28/h5-6,8-13,17,19,27,29H,7,14-16,18H2,1-4H3,(H,30,31,32). The Labute approximate surface area is 213 Å². The number of hydrogen-bond donors (Lipinski definition) is 2. The Hall–Kier alpha value is -3.33. The van der Waals surface area contributed by atoms with E-state index in [2.05, 4.69) is 29.5 Å². The molecule has 8 heteroatoms. The molecule has 3 aromatic rings. The van der Waals surface area contributed by atoms with Crippen molar-refractivity contribution in [2.75, 3.05) is 44.1 Å². The number of likely N-dealkylation sites (N-methyl/N-ethyl adjacent to an activating group) is 1. The number of amides is 1. The maximum Gasteiger partial charge on any atom is 0.231 e. The molecule has 0 radical (unpaired) electrons. The Morgan fingerprint density at radius 2 is 1.89 bits per heavy atom. The van der Waals surface area contributed by atoms with E-state index >= 15 is 0 Å². The molecule has 0 saturated carbocycles. The summed E-state index contributed by atoms with van der Waals surface area (Å²) in [5.74, 6) is 1.05. The van der Waals surface area contributed by atoms with Crippen molar-refractivity contribution in [2.45, 2.75) is 32.9 Å². The van der Waals surface area contributed by atoms with E-state index in [1.54, 1.807) is 25.3 Å². The number of benzene rings is 2. The molecule has 4 rings (SSSR count). The topological polar surface area (TPSA) is 88.6 Å². The molecule has 0 spiro atoms. The molecule has 0 fully saturated rings. The van der Waals surface area contributed by atoms with Crippen molar-refractivity contribution in [1.29, 1.82) is 0 Å². The Morgan fingerprint density at radius 3 is 2.64 bits per heavy atom. The number of hydrogen-bond acceptors (Lipinski definition) is 7. The summed E-state index contributed by atoms with van der Waals surface area (Å²) in [6.45, 7) is 6.63. The predicted octanol–water partition coefficient (Wildman–Crippen LogP) is 4.70. The third-order valence-corrected chi connectivity index (χ3v) is 6.05. The SMILES string of the molecule is COC(NCCCOCC(C)C)c1ccc(Nc2ncc3c(n2)-c2ccccc2N(C)C(=O)C3)cc1. The number of carbonyl (C=O) groups excluding carboxylic acids is 1. The van der Waals surface area contributed by atoms with Crippen molar-refractivity contribution in [1.82, 2.24) is 15.3 Å². The van der Waals surface area contributed by atoms with Crippen molar-refractivity contribution in [2.24, 2.45) is 5.92 Å². The lowest BCUT2D eigenvalue weighted by atomic mass is 10.1. The number of ether oxygens (including phenoxy) is 2. The highest BCUT2D eigenvalue weighted by atomic mass is 16.5. The zero-order chi connectivity index (χ0) is 25.5. The molecule has 2 aromatic carbocycles. The van der Waals surface area contributed by atoms with Gasteiger partial charge in [0.25, 0.3) is 0 Å². The zero-order valence-electron chi connectivity index (χ0n) is 21.5. The molecular weight excluding hydrogens is 454 g/mol. The van der Waals surface area contributed by atoms with E-state index in [0.717, 1.165) is 59.9 Å². The summed E-state index contributed by atoms with van der Waals surface area (Å²) >= 11 is 0. The van der Waals surface area contributed by atoms with Gasteiger partial charge in [-0.05, 0) is 42.6 Å². The minimum absolute atomic E-state index is 0.0190. The van der Waals surface area contributed by atoms with E-state index in [1.807, 2.05) is 48.5 Å². The van der Waals surface area contributed by atoms with E-state index < -0.39 is 0 Å². The fourth-order valence-electron chi connectivity index (χ4n) is 4.15. The average molecular weight is 490 g/mol. The van der Waals surface area contributed by atoms with Crippen LogP contribution >= 0.6 is 0 Å². The van der Waals surface area contributed by atoms with Gasteiger partial charge in [-0.1, -0.05) is 44.2 Å². The van der Waals surface area contributed by atoms with Gasteiger partial charge in [-0.2, -0.15) is 0 Å². The van der Waals surface area contributed by atoms with Gasteiger partial charge < -0.3 is 19.7 Å². The first-order valence-electron chi connectivity index (χ1n) is 12.4. The molecule has 1 aliphatic heterocycles. The molecule has 1 amide bonds. The summed E-state index contributed by atoms with van der Waals surface area (Å²) in [6.07, 6.45) is 2.73. The Morgan fingerprint density at radius 1 is 1.11 bits per heavy atom. The van der Waals surface area contributed by atoms with Gasteiger partial charge in [0.2, 0.25) is 11.9 Å². The van der Waals surface area contributed by atoms with Crippen LogP contribution in [0.3, 0.4) is 0 Å². The van der Waals surface area contributed by atoms with Gasteiger partial charge in [-0.25, -0.2) is 9.97 Å². The minimum atomic E-state index is -0.195. The Kier molecular flexibility index (Phi) is 8.64. The quantitative estimate of drug-likeness (QED) is 0.298. The monoisotopic (exact) mass is 489 g/mol. The van der Waals surface area contributed by atoms with Crippen LogP contribution < -0.4 is 15.5 Å². The normalized spacial score (nSPS) is 13.8. The summed E-state index contributed by atoms with van der Waals surface area (Å²) in [5, 5.41) is 6.71. The number of rotatable bonds is 11. The molecule has 190 valence electrons. The fraction of sp³-hybridized carbons (Fsp3) is 0.393. The first-order chi connectivity index (χ1) is 17.5. The van der Waals surface area contributed by atoms with Crippen LogP contribution in [0.4, 0.5) is 17.3 Å². The second kappa shape index (κ2) is 12.1. The number of para-hydroxylation sites is 1. The predicted molar refractivity (Wildman–Crippen MR) is 142 cm³/mol. The molecule has 0 saturated heterocycles. The van der Waals surface area contributed by atoms with E-state index in [-0.39, 0.29) is 18.6 Å². The van der Waals surface area contributed by atoms with Crippen molar-refractivity contribution in [3.63, 3.8) is 0 Å². The second-order valence-electron chi connectivity index (χ2n) is 9.35. The molecular formula is C28H35N5O3. The van der Waals surface area contributed by atoms with Crippen LogP contribution in [-0.2, 0) is 20.7 Å². The number of fused-ring (bicyclic) bond motifs is 3. The van der Waals surface area contributed by atoms with Gasteiger partial charge in [0.15, 0.2) is 0 Å². The van der Waals surface area contributed by atoms with Crippen LogP contribution in [0, 0.1) is 5.92 Å². The summed E-state index contributed by atoms with van der Waals surface area (Å²) in [7, 11) is 3.49. The van der Waals surface area contributed by atoms with Gasteiger partial charge in [-0.3, -0.25) is 10.1 Å². The van der Waals surface area contributed by atoms with Gasteiger partial charge in [0.1, 0.15) is 6.23 Å². The van der Waals surface area contributed by atoms with Gasteiger partial charge in [0.05, 0.1) is 17.8 Å². The smallest absolute Gasteiger partial charge is 0.231 e. The van der Waals surface area contributed by atoms with Crippen molar-refractivity contribution in [3.05, 3.63) is 65.9 Å². The molecule has 1 atom stereocenters. The highest BCUT2D eigenvalue weighted by Gasteiger charge is 2.24. The Balaban J connectivity index is 1.41. The van der Waals surface area contributed by atoms with Crippen LogP contribution in [0.15, 0.2) is 54.7 Å². The zero-order valence-corrected chi connectivity index (χ0v) is 21.5. The lowest BCUT2D eigenvalue weighted by Crippen LogP contribution is -2.26. The van der Waals surface area contributed by atoms with Crippen LogP contribution in [0.5, 0.6) is 0 Å². The number of nitrogens with one attached hydrogen (secondary N) is 2. The number of aromatic nitrogens is 2. The second-order valence-corrected chi connectivity index (χ2v) is 9.35. The summed E-state index contributed by atoms with van der Waals surface area (Å²) in [5.41, 5.74) is 5.26. The lowest BCUT2D eigenvalue weighted by molar-refractivity contribution is -0.117. The molecule has 1 aromatic heterocycles. The highest BCUT2D eigenvalue weighted by molar-refractivity contribution is 6.01. The van der Waals surface area contributed by atoms with Crippen molar-refractivity contribution in [3.8, 4) is 11.3 Å². The number of carbonyl (C=O) groups is 1. The first-order valence-corrected chi connectivity index (χ1v) is 12.4. The van der Waals surface area contributed by atoms with E-state index in [1.165, 1.54) is 0 Å². The van der Waals surface area contributed by atoms with Gasteiger partial charge >= 0.3 is 0 Å². The van der Waals surface area contributed by atoms with E-state index in [4.69, 9.17) is 14.5 Å². The van der Waals surface area contributed by atoms with E-state index in [9.17, 15) is 4.79 Å². The molecule has 0 aliphatic carbocycles. The third kappa shape index (κ3) is 6.26. The fourth-order valence-corrected chi connectivity index (χ4v) is 4.15. The van der Waals surface area contributed by atoms with Crippen LogP contribution in [0.2, 0.25) is 0 Å². The van der Waals surface area contributed by atoms with Crippen molar-refractivity contribution < 1.29 is 14.3 Å². The molecule has 1 unspecified atom stereocenters. The van der Waals surface area contributed by atoms with Crippen LogP contribution in [0.1, 0.15) is 37.6 Å². The van der Waals surface area contributed by atoms with E-state index in [0.29, 0.717) is 11.9 Å². The Bertz CT molecular complexity index is 1170. The van der Waals surface area contributed by atoms with Crippen LogP contribution in [0.25, 0.3) is 11.3 Å². The van der Waals surface area contributed by atoms with Crippen molar-refractivity contribution >= 4 is 23.2 Å². The van der Waals surface area contributed by atoms with Gasteiger partial charge in [0, 0.05) is 50.4 Å². The minimum Gasteiger partial charge on any atom is -0.381 e. The van der Waals surface area contributed by atoms with Gasteiger partial charge in [-0.15, -0.1) is 0 Å². The average Bonchev–Trinajstić information content (AvgIpc) is 2.99. The maximum absolute atomic E-state index is 12.6. The summed E-state index contributed by atoms with van der Waals surface area (Å²) in [4.78, 5) is 23.5. The highest BCUT2D eigenvalue weighted by Crippen LogP contribution is 2.35. The van der Waals surface area contributed by atoms with Crippen LogP contribution in [-0.4, -0.2) is 49.8 Å². The molecule has 2 heterocycles. The summed E-state index contributed by atoms with van der Waals surface area (Å²) < 4.78 is 11.3. The molecule has 8 nitrogen and oxygen atoms in total. The summed E-state index contributed by atoms with van der Waals surface area (Å²) in [6, 6.07) is 15.8. The maximum atomic E-state index is 12.6. The molecule has 1 aliphatic rings. The largest absolute Gasteiger partial charge is 0.381 e. The number of methoxy groups -OCH3 is 1. The molecule has 36 heavy (non-hydrogen) atoms.